The third kappa shape index (κ3) is 3.63. The third-order valence-corrected chi connectivity index (χ3v) is 2.83. The summed E-state index contributed by atoms with van der Waals surface area (Å²) in [6.45, 7) is 3.44. The summed E-state index contributed by atoms with van der Waals surface area (Å²) in [5, 5.41) is 18.1. The summed E-state index contributed by atoms with van der Waals surface area (Å²) in [6.07, 6.45) is -4.59. The predicted octanol–water partition coefficient (Wildman–Crippen LogP) is 2.61. The molecule has 2 N–H and O–H groups in total. The van der Waals surface area contributed by atoms with E-state index in [1.807, 2.05) is 0 Å². The van der Waals surface area contributed by atoms with Crippen LogP contribution in [0, 0.1) is 0 Å². The highest BCUT2D eigenvalue weighted by molar-refractivity contribution is 5.94. The van der Waals surface area contributed by atoms with E-state index in [0.717, 1.165) is 12.1 Å². The lowest BCUT2D eigenvalue weighted by Gasteiger charge is -2.29. The summed E-state index contributed by atoms with van der Waals surface area (Å²) in [7, 11) is 0. The van der Waals surface area contributed by atoms with Crippen LogP contribution in [0.2, 0.25) is 0 Å². The fourth-order valence-electron chi connectivity index (χ4n) is 1.90. The number of carboxylic acid groups (broad SMARTS) is 1. The van der Waals surface area contributed by atoms with Gasteiger partial charge in [0.25, 0.3) is 0 Å². The van der Waals surface area contributed by atoms with Gasteiger partial charge in [0, 0.05) is 12.6 Å². The van der Waals surface area contributed by atoms with E-state index in [2.05, 4.69) is 0 Å². The van der Waals surface area contributed by atoms with Crippen LogP contribution in [-0.4, -0.2) is 35.4 Å². The van der Waals surface area contributed by atoms with Crippen LogP contribution in [0.3, 0.4) is 0 Å². The lowest BCUT2D eigenvalue weighted by Crippen LogP contribution is -2.34. The third-order valence-electron chi connectivity index (χ3n) is 2.83. The molecule has 0 saturated carbocycles. The Morgan fingerprint density at radius 1 is 1.35 bits per heavy atom. The summed E-state index contributed by atoms with van der Waals surface area (Å²) in [5.41, 5.74) is -1.28. The standard InChI is InChI=1S/C13H16F3NO3/c1-8(2)17(5-6-18)11-4-3-9(13(14,15)16)7-10(11)12(19)20/h3-4,7-8,18H,5-6H2,1-2H3,(H,19,20). The largest absolute Gasteiger partial charge is 0.478 e. The van der Waals surface area contributed by atoms with Gasteiger partial charge in [0.1, 0.15) is 0 Å². The number of carbonyl (C=O) groups is 1. The summed E-state index contributed by atoms with van der Waals surface area (Å²) < 4.78 is 37.9. The van der Waals surface area contributed by atoms with E-state index in [9.17, 15) is 18.0 Å². The fraction of sp³-hybridized carbons (Fsp3) is 0.462. The first-order valence-corrected chi connectivity index (χ1v) is 6.00. The van der Waals surface area contributed by atoms with E-state index in [1.165, 1.54) is 0 Å². The fourth-order valence-corrected chi connectivity index (χ4v) is 1.90. The first-order valence-electron chi connectivity index (χ1n) is 6.00. The number of rotatable bonds is 5. The highest BCUT2D eigenvalue weighted by Gasteiger charge is 2.32. The molecule has 0 bridgehead atoms. The van der Waals surface area contributed by atoms with Gasteiger partial charge < -0.3 is 15.1 Å². The maximum Gasteiger partial charge on any atom is 0.416 e. The van der Waals surface area contributed by atoms with Crippen LogP contribution in [0.5, 0.6) is 0 Å². The second-order valence-electron chi connectivity index (χ2n) is 4.55. The van der Waals surface area contributed by atoms with Crippen molar-refractivity contribution in [1.29, 1.82) is 0 Å². The molecule has 0 aromatic heterocycles. The first kappa shape index (κ1) is 16.3. The molecule has 0 unspecified atom stereocenters. The molecule has 112 valence electrons. The zero-order chi connectivity index (χ0) is 15.5. The van der Waals surface area contributed by atoms with Gasteiger partial charge in [-0.3, -0.25) is 0 Å². The van der Waals surface area contributed by atoms with E-state index in [0.29, 0.717) is 6.07 Å². The van der Waals surface area contributed by atoms with Gasteiger partial charge in [-0.25, -0.2) is 4.79 Å². The molecule has 0 saturated heterocycles. The molecule has 0 aliphatic rings. The van der Waals surface area contributed by atoms with E-state index < -0.39 is 23.3 Å². The Kier molecular flexibility index (Phi) is 4.99. The molecule has 0 atom stereocenters. The molecule has 20 heavy (non-hydrogen) atoms. The number of anilines is 1. The first-order chi connectivity index (χ1) is 9.18. The zero-order valence-electron chi connectivity index (χ0n) is 11.1. The van der Waals surface area contributed by atoms with Crippen LogP contribution in [0.4, 0.5) is 18.9 Å². The van der Waals surface area contributed by atoms with Gasteiger partial charge in [-0.15, -0.1) is 0 Å². The second kappa shape index (κ2) is 6.13. The van der Waals surface area contributed by atoms with E-state index >= 15 is 0 Å². The van der Waals surface area contributed by atoms with Gasteiger partial charge in [0.05, 0.1) is 23.4 Å². The van der Waals surface area contributed by atoms with Crippen molar-refractivity contribution < 1.29 is 28.2 Å². The van der Waals surface area contributed by atoms with E-state index in [4.69, 9.17) is 10.2 Å². The molecule has 0 heterocycles. The number of hydrogen-bond acceptors (Lipinski definition) is 3. The number of carboxylic acids is 1. The molecule has 0 aliphatic carbocycles. The predicted molar refractivity (Wildman–Crippen MR) is 68.0 cm³/mol. The number of aliphatic hydroxyl groups excluding tert-OH is 1. The lowest BCUT2D eigenvalue weighted by atomic mass is 10.1. The monoisotopic (exact) mass is 291 g/mol. The minimum absolute atomic E-state index is 0.142. The molecular formula is C13H16F3NO3. The highest BCUT2D eigenvalue weighted by atomic mass is 19.4. The number of halogens is 3. The molecule has 7 heteroatoms. The quantitative estimate of drug-likeness (QED) is 0.875. The topological polar surface area (TPSA) is 60.8 Å². The van der Waals surface area contributed by atoms with Crippen molar-refractivity contribution in [3.05, 3.63) is 29.3 Å². The molecule has 0 amide bonds. The van der Waals surface area contributed by atoms with Crippen molar-refractivity contribution in [2.45, 2.75) is 26.1 Å². The molecular weight excluding hydrogens is 275 g/mol. The summed E-state index contributed by atoms with van der Waals surface area (Å²) >= 11 is 0. The maximum atomic E-state index is 12.6. The van der Waals surface area contributed by atoms with E-state index in [-0.39, 0.29) is 24.9 Å². The van der Waals surface area contributed by atoms with Gasteiger partial charge in [-0.2, -0.15) is 13.2 Å². The zero-order valence-corrected chi connectivity index (χ0v) is 11.1. The Labute approximate surface area is 114 Å². The van der Waals surface area contributed by atoms with E-state index in [1.54, 1.807) is 18.7 Å². The SMILES string of the molecule is CC(C)N(CCO)c1ccc(C(F)(F)F)cc1C(=O)O. The van der Waals surface area contributed by atoms with Gasteiger partial charge in [-0.1, -0.05) is 0 Å². The van der Waals surface area contributed by atoms with Crippen molar-refractivity contribution in [1.82, 2.24) is 0 Å². The molecule has 1 aromatic carbocycles. The average Bonchev–Trinajstić information content (AvgIpc) is 2.33. The molecule has 1 aromatic rings. The Bertz CT molecular complexity index is 486. The van der Waals surface area contributed by atoms with Crippen LogP contribution < -0.4 is 4.90 Å². The van der Waals surface area contributed by atoms with Crippen LogP contribution in [0.15, 0.2) is 18.2 Å². The van der Waals surface area contributed by atoms with Crippen molar-refractivity contribution in [2.75, 3.05) is 18.1 Å². The van der Waals surface area contributed by atoms with Crippen LogP contribution in [-0.2, 0) is 6.18 Å². The smallest absolute Gasteiger partial charge is 0.416 e. The second-order valence-corrected chi connectivity index (χ2v) is 4.55. The maximum absolute atomic E-state index is 12.6. The number of benzene rings is 1. The van der Waals surface area contributed by atoms with Gasteiger partial charge in [-0.05, 0) is 32.0 Å². The van der Waals surface area contributed by atoms with Crippen molar-refractivity contribution in [3.8, 4) is 0 Å². The summed E-state index contributed by atoms with van der Waals surface area (Å²) in [4.78, 5) is 12.7. The molecule has 4 nitrogen and oxygen atoms in total. The molecule has 1 rings (SSSR count). The Hall–Kier alpha value is -1.76. The average molecular weight is 291 g/mol. The Balaban J connectivity index is 3.36. The van der Waals surface area contributed by atoms with Gasteiger partial charge in [0.2, 0.25) is 0 Å². The number of alkyl halides is 3. The Morgan fingerprint density at radius 2 is 1.95 bits per heavy atom. The molecule has 0 fully saturated rings. The van der Waals surface area contributed by atoms with Gasteiger partial charge >= 0.3 is 12.1 Å². The van der Waals surface area contributed by atoms with Crippen LogP contribution in [0.1, 0.15) is 29.8 Å². The number of aromatic carboxylic acids is 1. The van der Waals surface area contributed by atoms with Crippen LogP contribution >= 0.6 is 0 Å². The van der Waals surface area contributed by atoms with Crippen molar-refractivity contribution >= 4 is 11.7 Å². The highest BCUT2D eigenvalue weighted by Crippen LogP contribution is 2.33. The molecule has 0 aliphatic heterocycles. The minimum Gasteiger partial charge on any atom is -0.478 e. The van der Waals surface area contributed by atoms with Crippen molar-refractivity contribution in [2.24, 2.45) is 0 Å². The van der Waals surface area contributed by atoms with Gasteiger partial charge in [0.15, 0.2) is 0 Å². The molecule has 0 radical (unpaired) electrons. The molecule has 0 spiro atoms. The Morgan fingerprint density at radius 3 is 2.35 bits per heavy atom. The minimum atomic E-state index is -4.59. The van der Waals surface area contributed by atoms with Crippen LogP contribution in [0.25, 0.3) is 0 Å². The van der Waals surface area contributed by atoms with Crippen molar-refractivity contribution in [3.63, 3.8) is 0 Å². The number of hydrogen-bond donors (Lipinski definition) is 2. The number of aliphatic hydroxyl groups is 1. The summed E-state index contributed by atoms with van der Waals surface area (Å²) in [5.74, 6) is -1.44. The lowest BCUT2D eigenvalue weighted by molar-refractivity contribution is -0.137. The number of nitrogens with zero attached hydrogens (tertiary/aromatic N) is 1. The normalized spacial score (nSPS) is 11.8. The summed E-state index contributed by atoms with van der Waals surface area (Å²) in [6, 6.07) is 2.43.